The third-order valence-corrected chi connectivity index (χ3v) is 6.81. The molecule has 0 bridgehead atoms. The Morgan fingerprint density at radius 1 is 0.893 bits per heavy atom. The Bertz CT molecular complexity index is 871. The number of carbonyl (C=O) groups is 1. The van der Waals surface area contributed by atoms with Gasteiger partial charge in [-0.25, -0.2) is 0 Å². The van der Waals surface area contributed by atoms with Gasteiger partial charge in [0.15, 0.2) is 0 Å². The van der Waals surface area contributed by atoms with Gasteiger partial charge < -0.3 is 9.47 Å². The number of hydrogen-bond donors (Lipinski definition) is 0. The molecule has 3 heterocycles. The molecule has 0 N–H and O–H groups in total. The highest BCUT2D eigenvalue weighted by Gasteiger charge is 2.30. The first-order valence-corrected chi connectivity index (χ1v) is 11.1. The average Bonchev–Trinajstić information content (AvgIpc) is 3.01. The molecule has 1 saturated heterocycles. The summed E-state index contributed by atoms with van der Waals surface area (Å²) in [6, 6.07) is 6.38. The molecule has 1 unspecified atom stereocenters. The number of aromatic nitrogens is 3. The molecule has 5 rings (SSSR count). The van der Waals surface area contributed by atoms with Crippen molar-refractivity contribution in [3.05, 3.63) is 46.5 Å². The first kappa shape index (κ1) is 17.9. The topological polar surface area (TPSA) is 51.0 Å². The van der Waals surface area contributed by atoms with Gasteiger partial charge in [-0.2, -0.15) is 0 Å². The van der Waals surface area contributed by atoms with E-state index >= 15 is 0 Å². The molecule has 3 aliphatic rings. The fourth-order valence-electron chi connectivity index (χ4n) is 5.23. The molecule has 0 saturated carbocycles. The van der Waals surface area contributed by atoms with Crippen molar-refractivity contribution in [2.45, 2.75) is 76.7 Å². The molecule has 0 radical (unpaired) electrons. The van der Waals surface area contributed by atoms with Gasteiger partial charge in [0, 0.05) is 37.5 Å². The minimum atomic E-state index is 0.189. The molecule has 0 spiro atoms. The average molecular weight is 379 g/mol. The van der Waals surface area contributed by atoms with Crippen molar-refractivity contribution < 1.29 is 4.79 Å². The van der Waals surface area contributed by atoms with Crippen LogP contribution in [0.4, 0.5) is 0 Å². The monoisotopic (exact) mass is 378 g/mol. The summed E-state index contributed by atoms with van der Waals surface area (Å²) in [6.45, 7) is 2.66. The maximum Gasteiger partial charge on any atom is 0.253 e. The zero-order chi connectivity index (χ0) is 18.9. The van der Waals surface area contributed by atoms with Gasteiger partial charge in [-0.1, -0.05) is 12.5 Å². The van der Waals surface area contributed by atoms with E-state index < -0.39 is 0 Å². The summed E-state index contributed by atoms with van der Waals surface area (Å²) in [5.41, 5.74) is 3.68. The van der Waals surface area contributed by atoms with E-state index in [9.17, 15) is 4.79 Å². The zero-order valence-corrected chi connectivity index (χ0v) is 16.7. The lowest BCUT2D eigenvalue weighted by Gasteiger charge is -2.33. The van der Waals surface area contributed by atoms with Crippen molar-refractivity contribution in [2.24, 2.45) is 0 Å². The first-order valence-electron chi connectivity index (χ1n) is 11.1. The van der Waals surface area contributed by atoms with Gasteiger partial charge >= 0.3 is 0 Å². The summed E-state index contributed by atoms with van der Waals surface area (Å²) in [7, 11) is 0. The van der Waals surface area contributed by atoms with Crippen LogP contribution in [0.5, 0.6) is 0 Å². The van der Waals surface area contributed by atoms with Crippen LogP contribution in [0.15, 0.2) is 18.2 Å². The smallest absolute Gasteiger partial charge is 0.253 e. The second-order valence-corrected chi connectivity index (χ2v) is 8.72. The van der Waals surface area contributed by atoms with E-state index in [2.05, 4.69) is 31.8 Å². The van der Waals surface area contributed by atoms with E-state index in [1.54, 1.807) is 0 Å². The van der Waals surface area contributed by atoms with Gasteiger partial charge in [-0.05, 0) is 74.6 Å². The predicted octanol–water partition coefficient (Wildman–Crippen LogP) is 3.90. The number of aryl methyl sites for hydroxylation is 3. The van der Waals surface area contributed by atoms with E-state index in [1.165, 1.54) is 43.2 Å². The van der Waals surface area contributed by atoms with E-state index in [0.717, 1.165) is 69.0 Å². The molecule has 5 heteroatoms. The third kappa shape index (κ3) is 3.36. The summed E-state index contributed by atoms with van der Waals surface area (Å²) in [5.74, 6) is 2.76. The van der Waals surface area contributed by atoms with Crippen molar-refractivity contribution in [2.75, 3.05) is 13.1 Å². The molecule has 1 aromatic heterocycles. The van der Waals surface area contributed by atoms with Crippen molar-refractivity contribution in [1.82, 2.24) is 19.7 Å². The van der Waals surface area contributed by atoms with Crippen LogP contribution >= 0.6 is 0 Å². The van der Waals surface area contributed by atoms with Gasteiger partial charge in [0.1, 0.15) is 11.6 Å². The highest BCUT2D eigenvalue weighted by molar-refractivity contribution is 5.94. The maximum atomic E-state index is 13.2. The van der Waals surface area contributed by atoms with Crippen LogP contribution in [0.2, 0.25) is 0 Å². The molecule has 1 aromatic carbocycles. The summed E-state index contributed by atoms with van der Waals surface area (Å²) in [6.07, 6.45) is 11.7. The number of benzene rings is 1. The van der Waals surface area contributed by atoms with Crippen molar-refractivity contribution in [1.29, 1.82) is 0 Å². The Labute approximate surface area is 167 Å². The standard InChI is InChI=1S/C23H30N4O/c28-23(19-12-11-17-7-3-4-8-18(17)15-19)26-13-6-9-20(16-26)22-25-24-21-10-2-1-5-14-27(21)22/h11-12,15,20H,1-10,13-14,16H2. The lowest BCUT2D eigenvalue weighted by atomic mass is 9.90. The first-order chi connectivity index (χ1) is 13.8. The number of hydrogen-bond acceptors (Lipinski definition) is 3. The summed E-state index contributed by atoms with van der Waals surface area (Å²) in [5, 5.41) is 9.04. The molecule has 1 amide bonds. The van der Waals surface area contributed by atoms with Gasteiger partial charge in [-0.3, -0.25) is 4.79 Å². The molecule has 1 aliphatic carbocycles. The Morgan fingerprint density at radius 3 is 2.68 bits per heavy atom. The van der Waals surface area contributed by atoms with Crippen LogP contribution in [-0.2, 0) is 25.8 Å². The fourth-order valence-corrected chi connectivity index (χ4v) is 5.23. The highest BCUT2D eigenvalue weighted by atomic mass is 16.2. The molecule has 1 atom stereocenters. The normalized spacial score (nSPS) is 22.3. The minimum Gasteiger partial charge on any atom is -0.338 e. The second kappa shape index (κ2) is 7.69. The SMILES string of the molecule is O=C(c1ccc2c(c1)CCCC2)N1CCCC(c2nnc3n2CCCCC3)C1. The minimum absolute atomic E-state index is 0.189. The van der Waals surface area contributed by atoms with E-state index in [0.29, 0.717) is 5.92 Å². The van der Waals surface area contributed by atoms with Crippen LogP contribution in [-0.4, -0.2) is 38.7 Å². The Kier molecular flexibility index (Phi) is 4.91. The van der Waals surface area contributed by atoms with E-state index in [-0.39, 0.29) is 5.91 Å². The van der Waals surface area contributed by atoms with Crippen LogP contribution < -0.4 is 0 Å². The lowest BCUT2D eigenvalue weighted by molar-refractivity contribution is 0.0703. The summed E-state index contributed by atoms with van der Waals surface area (Å²) < 4.78 is 2.35. The summed E-state index contributed by atoms with van der Waals surface area (Å²) in [4.78, 5) is 15.3. The Morgan fingerprint density at radius 2 is 1.75 bits per heavy atom. The number of rotatable bonds is 2. The van der Waals surface area contributed by atoms with E-state index in [4.69, 9.17) is 0 Å². The Hall–Kier alpha value is -2.17. The Balaban J connectivity index is 1.34. The molecule has 148 valence electrons. The van der Waals surface area contributed by atoms with Crippen LogP contribution in [0.25, 0.3) is 0 Å². The van der Waals surface area contributed by atoms with Crippen molar-refractivity contribution >= 4 is 5.91 Å². The van der Waals surface area contributed by atoms with Crippen molar-refractivity contribution in [3.8, 4) is 0 Å². The van der Waals surface area contributed by atoms with Crippen LogP contribution in [0, 0.1) is 0 Å². The number of carbonyl (C=O) groups excluding carboxylic acids is 1. The molecule has 2 aromatic rings. The largest absolute Gasteiger partial charge is 0.338 e. The van der Waals surface area contributed by atoms with Gasteiger partial charge in [-0.15, -0.1) is 10.2 Å². The zero-order valence-electron chi connectivity index (χ0n) is 16.7. The molecule has 5 nitrogen and oxygen atoms in total. The molecule has 1 fully saturated rings. The van der Waals surface area contributed by atoms with Crippen LogP contribution in [0.1, 0.15) is 84.0 Å². The number of nitrogens with zero attached hydrogens (tertiary/aromatic N) is 4. The quantitative estimate of drug-likeness (QED) is 0.796. The molecular formula is C23H30N4O. The maximum absolute atomic E-state index is 13.2. The van der Waals surface area contributed by atoms with E-state index in [1.807, 2.05) is 6.07 Å². The summed E-state index contributed by atoms with van der Waals surface area (Å²) >= 11 is 0. The molecule has 28 heavy (non-hydrogen) atoms. The highest BCUT2D eigenvalue weighted by Crippen LogP contribution is 2.29. The number of fused-ring (bicyclic) bond motifs is 2. The number of piperidine rings is 1. The van der Waals surface area contributed by atoms with Gasteiger partial charge in [0.25, 0.3) is 5.91 Å². The third-order valence-electron chi connectivity index (χ3n) is 6.81. The number of likely N-dealkylation sites (tertiary alicyclic amines) is 1. The fraction of sp³-hybridized carbons (Fsp3) is 0.609. The predicted molar refractivity (Wildman–Crippen MR) is 109 cm³/mol. The van der Waals surface area contributed by atoms with Crippen molar-refractivity contribution in [3.63, 3.8) is 0 Å². The van der Waals surface area contributed by atoms with Crippen LogP contribution in [0.3, 0.4) is 0 Å². The second-order valence-electron chi connectivity index (χ2n) is 8.72. The lowest BCUT2D eigenvalue weighted by Crippen LogP contribution is -2.40. The number of amides is 1. The molecule has 2 aliphatic heterocycles. The van der Waals surface area contributed by atoms with Gasteiger partial charge in [0.05, 0.1) is 0 Å². The molecular weight excluding hydrogens is 348 g/mol. The van der Waals surface area contributed by atoms with Gasteiger partial charge in [0.2, 0.25) is 0 Å².